The van der Waals surface area contributed by atoms with Crippen molar-refractivity contribution < 1.29 is 24.5 Å². The highest BCUT2D eigenvalue weighted by Gasteiger charge is 2.17. The van der Waals surface area contributed by atoms with Gasteiger partial charge in [-0.15, -0.1) is 0 Å². The fourth-order valence-electron chi connectivity index (χ4n) is 1.81. The molecule has 0 aliphatic carbocycles. The molecule has 5 heteroatoms. The number of aliphatic hydroxyl groups is 1. The molecular formula is C14H16O5. The van der Waals surface area contributed by atoms with Gasteiger partial charge < -0.3 is 14.9 Å². The third-order valence-corrected chi connectivity index (χ3v) is 2.98. The molecule has 102 valence electrons. The molecule has 1 rings (SSSR count). The zero-order valence-corrected chi connectivity index (χ0v) is 11.3. The molecule has 1 aromatic carbocycles. The summed E-state index contributed by atoms with van der Waals surface area (Å²) in [5.41, 5.74) is 2.27. The van der Waals surface area contributed by atoms with E-state index in [1.54, 1.807) is 20.8 Å². The Morgan fingerprint density at radius 3 is 2.32 bits per heavy atom. The summed E-state index contributed by atoms with van der Waals surface area (Å²) in [5.74, 6) is -2.19. The molecule has 0 saturated heterocycles. The molecule has 0 amide bonds. The van der Waals surface area contributed by atoms with Crippen molar-refractivity contribution in [1.82, 2.24) is 0 Å². The number of ketones is 1. The number of carbonyl (C=O) groups is 2. The van der Waals surface area contributed by atoms with Crippen molar-refractivity contribution in [3.05, 3.63) is 34.4 Å². The van der Waals surface area contributed by atoms with Crippen LogP contribution in [0.3, 0.4) is 0 Å². The first-order valence-electron chi connectivity index (χ1n) is 5.62. The Morgan fingerprint density at radius 2 is 1.79 bits per heavy atom. The van der Waals surface area contributed by atoms with Gasteiger partial charge in [0.1, 0.15) is 11.5 Å². The van der Waals surface area contributed by atoms with Crippen LogP contribution < -0.4 is 0 Å². The minimum absolute atomic E-state index is 0.117. The van der Waals surface area contributed by atoms with Crippen molar-refractivity contribution in [2.24, 2.45) is 0 Å². The molecule has 0 unspecified atom stereocenters. The van der Waals surface area contributed by atoms with E-state index in [2.05, 4.69) is 4.74 Å². The summed E-state index contributed by atoms with van der Waals surface area (Å²) in [6.07, 6.45) is 0.817. The summed E-state index contributed by atoms with van der Waals surface area (Å²) in [6, 6.07) is 1.49. The zero-order chi connectivity index (χ0) is 14.7. The third kappa shape index (κ3) is 2.93. The first kappa shape index (κ1) is 14.8. The predicted molar refractivity (Wildman–Crippen MR) is 69.9 cm³/mol. The van der Waals surface area contributed by atoms with Crippen LogP contribution in [0.1, 0.15) is 22.3 Å². The molecule has 0 radical (unpaired) electrons. The number of esters is 1. The van der Waals surface area contributed by atoms with E-state index in [1.165, 1.54) is 6.07 Å². The lowest BCUT2D eigenvalue weighted by Crippen LogP contribution is -2.13. The van der Waals surface area contributed by atoms with E-state index in [1.807, 2.05) is 0 Å². The molecule has 0 atom stereocenters. The molecule has 0 heterocycles. The summed E-state index contributed by atoms with van der Waals surface area (Å²) in [4.78, 5) is 22.4. The van der Waals surface area contributed by atoms with Gasteiger partial charge in [0.15, 0.2) is 0 Å². The normalized spacial score (nSPS) is 11.3. The number of ether oxygens (including phenoxy) is 1. The van der Waals surface area contributed by atoms with E-state index < -0.39 is 11.8 Å². The van der Waals surface area contributed by atoms with Crippen LogP contribution in [0.2, 0.25) is 0 Å². The number of aliphatic hydroxyl groups excluding tert-OH is 1. The topological polar surface area (TPSA) is 83.8 Å². The van der Waals surface area contributed by atoms with E-state index in [0.717, 1.165) is 13.2 Å². The van der Waals surface area contributed by atoms with Gasteiger partial charge in [0.05, 0.1) is 7.11 Å². The van der Waals surface area contributed by atoms with Crippen molar-refractivity contribution >= 4 is 17.5 Å². The highest BCUT2D eigenvalue weighted by atomic mass is 16.5. The minimum atomic E-state index is -1.04. The van der Waals surface area contributed by atoms with Crippen molar-refractivity contribution in [3.63, 3.8) is 0 Å². The molecule has 0 spiro atoms. The van der Waals surface area contributed by atoms with Crippen LogP contribution in [0.25, 0.3) is 5.76 Å². The number of aromatic hydroxyl groups is 1. The second-order valence-corrected chi connectivity index (χ2v) is 4.22. The van der Waals surface area contributed by atoms with Crippen LogP contribution in [0.5, 0.6) is 5.75 Å². The van der Waals surface area contributed by atoms with Gasteiger partial charge in [-0.25, -0.2) is 4.79 Å². The molecule has 0 fully saturated rings. The van der Waals surface area contributed by atoms with Gasteiger partial charge in [-0.05, 0) is 43.5 Å². The smallest absolute Gasteiger partial charge is 0.378 e. The summed E-state index contributed by atoms with van der Waals surface area (Å²) in [6.45, 7) is 5.10. The summed E-state index contributed by atoms with van der Waals surface area (Å²) in [7, 11) is 1.09. The number of methoxy groups -OCH3 is 1. The van der Waals surface area contributed by atoms with Gasteiger partial charge in [-0.1, -0.05) is 0 Å². The first-order valence-corrected chi connectivity index (χ1v) is 5.62. The molecular weight excluding hydrogens is 248 g/mol. The Morgan fingerprint density at radius 1 is 1.21 bits per heavy atom. The molecule has 1 aromatic rings. The van der Waals surface area contributed by atoms with E-state index in [-0.39, 0.29) is 11.5 Å². The van der Waals surface area contributed by atoms with Crippen LogP contribution >= 0.6 is 0 Å². The maximum Gasteiger partial charge on any atom is 0.378 e. The fraction of sp³-hybridized carbons (Fsp3) is 0.286. The van der Waals surface area contributed by atoms with Gasteiger partial charge in [0, 0.05) is 11.6 Å². The number of aryl methyl sites for hydroxylation is 1. The number of hydrogen-bond donors (Lipinski definition) is 2. The molecule has 19 heavy (non-hydrogen) atoms. The van der Waals surface area contributed by atoms with Gasteiger partial charge >= 0.3 is 5.97 Å². The molecule has 0 aromatic heterocycles. The van der Waals surface area contributed by atoms with E-state index in [9.17, 15) is 19.8 Å². The number of carbonyl (C=O) groups excluding carboxylic acids is 2. The van der Waals surface area contributed by atoms with E-state index in [0.29, 0.717) is 22.3 Å². The largest absolute Gasteiger partial charge is 0.508 e. The van der Waals surface area contributed by atoms with Gasteiger partial charge in [0.25, 0.3) is 5.78 Å². The lowest BCUT2D eigenvalue weighted by molar-refractivity contribution is -0.149. The average Bonchev–Trinajstić information content (AvgIpc) is 2.34. The SMILES string of the molecule is COC(=O)C(=O)/C=C(\O)c1c(C)cc(O)c(C)c1C. The predicted octanol–water partition coefficient (Wildman–Crippen LogP) is 1.96. The van der Waals surface area contributed by atoms with Crippen molar-refractivity contribution in [1.29, 1.82) is 0 Å². The average molecular weight is 264 g/mol. The zero-order valence-electron chi connectivity index (χ0n) is 11.3. The molecule has 0 saturated carbocycles. The lowest BCUT2D eigenvalue weighted by Gasteiger charge is -2.13. The Labute approximate surface area is 111 Å². The molecule has 0 bridgehead atoms. The van der Waals surface area contributed by atoms with Crippen molar-refractivity contribution in [2.75, 3.05) is 7.11 Å². The monoisotopic (exact) mass is 264 g/mol. The Bertz CT molecular complexity index is 570. The molecule has 0 aliphatic rings. The van der Waals surface area contributed by atoms with Crippen molar-refractivity contribution in [2.45, 2.75) is 20.8 Å². The van der Waals surface area contributed by atoms with Crippen LogP contribution in [0.15, 0.2) is 12.1 Å². The summed E-state index contributed by atoms with van der Waals surface area (Å²) in [5, 5.41) is 19.6. The molecule has 5 nitrogen and oxygen atoms in total. The summed E-state index contributed by atoms with van der Waals surface area (Å²) < 4.78 is 4.27. The fourth-order valence-corrected chi connectivity index (χ4v) is 1.81. The summed E-state index contributed by atoms with van der Waals surface area (Å²) >= 11 is 0. The highest BCUT2D eigenvalue weighted by molar-refractivity contribution is 6.39. The standard InChI is InChI=1S/C14H16O5/c1-7-5-10(15)8(2)9(3)13(7)11(16)6-12(17)14(18)19-4/h5-6,15-16H,1-4H3/b11-6-. The third-order valence-electron chi connectivity index (χ3n) is 2.98. The number of rotatable bonds is 3. The quantitative estimate of drug-likeness (QED) is 0.377. The van der Waals surface area contributed by atoms with E-state index >= 15 is 0 Å². The van der Waals surface area contributed by atoms with Crippen LogP contribution in [0.4, 0.5) is 0 Å². The van der Waals surface area contributed by atoms with E-state index in [4.69, 9.17) is 0 Å². The lowest BCUT2D eigenvalue weighted by atomic mass is 9.95. The maximum absolute atomic E-state index is 11.4. The van der Waals surface area contributed by atoms with Crippen LogP contribution in [-0.4, -0.2) is 29.1 Å². The number of phenolic OH excluding ortho intramolecular Hbond substituents is 1. The minimum Gasteiger partial charge on any atom is -0.508 e. The van der Waals surface area contributed by atoms with Crippen molar-refractivity contribution in [3.8, 4) is 5.75 Å². The Hall–Kier alpha value is -2.30. The second kappa shape index (κ2) is 5.56. The molecule has 0 aliphatic heterocycles. The van der Waals surface area contributed by atoms with Crippen LogP contribution in [-0.2, 0) is 14.3 Å². The van der Waals surface area contributed by atoms with Crippen LogP contribution in [0, 0.1) is 20.8 Å². The van der Waals surface area contributed by atoms with Gasteiger partial charge in [0.2, 0.25) is 0 Å². The first-order chi connectivity index (χ1) is 8.79. The van der Waals surface area contributed by atoms with Gasteiger partial charge in [-0.2, -0.15) is 0 Å². The second-order valence-electron chi connectivity index (χ2n) is 4.22. The highest BCUT2D eigenvalue weighted by Crippen LogP contribution is 2.30. The molecule has 2 N–H and O–H groups in total. The number of hydrogen-bond acceptors (Lipinski definition) is 5. The maximum atomic E-state index is 11.4. The Balaban J connectivity index is 3.31. The number of phenols is 1. The number of benzene rings is 1. The van der Waals surface area contributed by atoms with Gasteiger partial charge in [-0.3, -0.25) is 4.79 Å². The Kier molecular flexibility index (Phi) is 4.32.